The zero-order chi connectivity index (χ0) is 10.9. The number of likely N-dealkylation sites (tertiary alicyclic amines) is 1. The van der Waals surface area contributed by atoms with Gasteiger partial charge in [0.1, 0.15) is 0 Å². The lowest BCUT2D eigenvalue weighted by Crippen LogP contribution is -2.35. The molecule has 0 bridgehead atoms. The normalized spacial score (nSPS) is 19.6. The Morgan fingerprint density at radius 3 is 2.67 bits per heavy atom. The van der Waals surface area contributed by atoms with Gasteiger partial charge >= 0.3 is 0 Å². The number of aliphatic hydroxyl groups excluding tert-OH is 1. The quantitative estimate of drug-likeness (QED) is 0.601. The maximum absolute atomic E-state index is 8.67. The molecule has 1 rings (SSSR count). The van der Waals surface area contributed by atoms with Gasteiger partial charge in [0, 0.05) is 26.9 Å². The van der Waals surface area contributed by atoms with Crippen molar-refractivity contribution in [3.8, 4) is 0 Å². The Bertz CT molecular complexity index is 149. The molecule has 0 spiro atoms. The summed E-state index contributed by atoms with van der Waals surface area (Å²) in [5.41, 5.74) is 0. The Kier molecular flexibility index (Phi) is 6.92. The second-order valence-corrected chi connectivity index (χ2v) is 4.03. The van der Waals surface area contributed by atoms with Crippen molar-refractivity contribution >= 4 is 0 Å². The van der Waals surface area contributed by atoms with E-state index in [4.69, 9.17) is 14.6 Å². The van der Waals surface area contributed by atoms with Gasteiger partial charge in [-0.05, 0) is 32.4 Å². The monoisotopic (exact) mass is 217 g/mol. The molecule has 1 aliphatic rings. The van der Waals surface area contributed by atoms with Crippen LogP contribution in [-0.2, 0) is 9.47 Å². The van der Waals surface area contributed by atoms with Crippen LogP contribution in [0.3, 0.4) is 0 Å². The van der Waals surface area contributed by atoms with Crippen molar-refractivity contribution < 1.29 is 14.6 Å². The van der Waals surface area contributed by atoms with Crippen molar-refractivity contribution in [2.75, 3.05) is 46.6 Å². The standard InChI is InChI=1S/C11H23NO3/c1-14-10-11(15-8-4-7-13)9-12-5-2-3-6-12/h11,13H,2-10H2,1H3. The predicted octanol–water partition coefficient (Wildman–Crippen LogP) is 0.496. The summed E-state index contributed by atoms with van der Waals surface area (Å²) in [4.78, 5) is 2.42. The minimum atomic E-state index is 0.152. The van der Waals surface area contributed by atoms with Crippen LogP contribution in [0, 0.1) is 0 Å². The molecular formula is C11H23NO3. The van der Waals surface area contributed by atoms with Crippen molar-refractivity contribution in [3.05, 3.63) is 0 Å². The van der Waals surface area contributed by atoms with Crippen LogP contribution in [0.2, 0.25) is 0 Å². The van der Waals surface area contributed by atoms with Gasteiger partial charge in [-0.2, -0.15) is 0 Å². The van der Waals surface area contributed by atoms with Gasteiger partial charge in [-0.15, -0.1) is 0 Å². The van der Waals surface area contributed by atoms with E-state index in [0.29, 0.717) is 19.6 Å². The van der Waals surface area contributed by atoms with Crippen LogP contribution in [0.5, 0.6) is 0 Å². The summed E-state index contributed by atoms with van der Waals surface area (Å²) in [6, 6.07) is 0. The minimum Gasteiger partial charge on any atom is -0.396 e. The first-order valence-corrected chi connectivity index (χ1v) is 5.80. The third-order valence-electron chi connectivity index (χ3n) is 2.67. The highest BCUT2D eigenvalue weighted by molar-refractivity contribution is 4.71. The predicted molar refractivity (Wildman–Crippen MR) is 59.0 cm³/mol. The summed E-state index contributed by atoms with van der Waals surface area (Å²) < 4.78 is 10.8. The first kappa shape index (κ1) is 12.9. The molecule has 1 N–H and O–H groups in total. The molecule has 1 heterocycles. The summed E-state index contributed by atoms with van der Waals surface area (Å²) in [5.74, 6) is 0. The molecular weight excluding hydrogens is 194 g/mol. The number of hydrogen-bond acceptors (Lipinski definition) is 4. The van der Waals surface area contributed by atoms with Crippen LogP contribution in [0.15, 0.2) is 0 Å². The maximum atomic E-state index is 8.67. The molecule has 0 aliphatic carbocycles. The van der Waals surface area contributed by atoms with Crippen molar-refractivity contribution in [2.24, 2.45) is 0 Å². The highest BCUT2D eigenvalue weighted by Gasteiger charge is 2.17. The number of rotatable bonds is 8. The summed E-state index contributed by atoms with van der Waals surface area (Å²) in [7, 11) is 1.70. The Morgan fingerprint density at radius 2 is 2.07 bits per heavy atom. The van der Waals surface area contributed by atoms with Crippen molar-refractivity contribution in [1.82, 2.24) is 4.90 Å². The van der Waals surface area contributed by atoms with E-state index in [1.54, 1.807) is 7.11 Å². The van der Waals surface area contributed by atoms with E-state index < -0.39 is 0 Å². The lowest BCUT2D eigenvalue weighted by Gasteiger charge is -2.23. The smallest absolute Gasteiger partial charge is 0.0934 e. The van der Waals surface area contributed by atoms with Crippen LogP contribution >= 0.6 is 0 Å². The fourth-order valence-electron chi connectivity index (χ4n) is 1.91. The van der Waals surface area contributed by atoms with Gasteiger partial charge in [0.05, 0.1) is 12.7 Å². The first-order valence-electron chi connectivity index (χ1n) is 5.80. The van der Waals surface area contributed by atoms with Gasteiger partial charge in [-0.1, -0.05) is 0 Å². The molecule has 90 valence electrons. The zero-order valence-electron chi connectivity index (χ0n) is 9.65. The second kappa shape index (κ2) is 8.05. The van der Waals surface area contributed by atoms with Gasteiger partial charge in [0.15, 0.2) is 0 Å². The number of ether oxygens (including phenoxy) is 2. The molecule has 1 unspecified atom stereocenters. The molecule has 15 heavy (non-hydrogen) atoms. The van der Waals surface area contributed by atoms with E-state index in [2.05, 4.69) is 4.90 Å². The number of methoxy groups -OCH3 is 1. The third-order valence-corrected chi connectivity index (χ3v) is 2.67. The van der Waals surface area contributed by atoms with Crippen LogP contribution < -0.4 is 0 Å². The van der Waals surface area contributed by atoms with E-state index in [0.717, 1.165) is 6.54 Å². The van der Waals surface area contributed by atoms with Gasteiger partial charge in [0.2, 0.25) is 0 Å². The summed E-state index contributed by atoms with van der Waals surface area (Å²) in [6.45, 7) is 4.79. The molecule has 0 aromatic heterocycles. The number of nitrogens with zero attached hydrogens (tertiary/aromatic N) is 1. The van der Waals surface area contributed by atoms with Gasteiger partial charge in [0.25, 0.3) is 0 Å². The van der Waals surface area contributed by atoms with Gasteiger partial charge < -0.3 is 19.5 Å². The van der Waals surface area contributed by atoms with Crippen LogP contribution in [-0.4, -0.2) is 62.7 Å². The van der Waals surface area contributed by atoms with Crippen LogP contribution in [0.4, 0.5) is 0 Å². The van der Waals surface area contributed by atoms with E-state index in [1.807, 2.05) is 0 Å². The first-order chi connectivity index (χ1) is 7.36. The number of aliphatic hydroxyl groups is 1. The zero-order valence-corrected chi connectivity index (χ0v) is 9.65. The second-order valence-electron chi connectivity index (χ2n) is 4.03. The molecule has 1 atom stereocenters. The lowest BCUT2D eigenvalue weighted by molar-refractivity contribution is -0.0211. The fourth-order valence-corrected chi connectivity index (χ4v) is 1.91. The molecule has 1 fully saturated rings. The lowest BCUT2D eigenvalue weighted by atomic mass is 10.3. The average Bonchev–Trinajstić information content (AvgIpc) is 2.71. The van der Waals surface area contributed by atoms with Crippen LogP contribution in [0.25, 0.3) is 0 Å². The van der Waals surface area contributed by atoms with Gasteiger partial charge in [-0.3, -0.25) is 0 Å². The summed E-state index contributed by atoms with van der Waals surface area (Å²) in [6.07, 6.45) is 3.46. The molecule has 0 radical (unpaired) electrons. The Balaban J connectivity index is 2.16. The van der Waals surface area contributed by atoms with Crippen molar-refractivity contribution in [3.63, 3.8) is 0 Å². The average molecular weight is 217 g/mol. The fraction of sp³-hybridized carbons (Fsp3) is 1.00. The van der Waals surface area contributed by atoms with E-state index in [9.17, 15) is 0 Å². The van der Waals surface area contributed by atoms with E-state index in [1.165, 1.54) is 25.9 Å². The van der Waals surface area contributed by atoms with Crippen LogP contribution in [0.1, 0.15) is 19.3 Å². The van der Waals surface area contributed by atoms with E-state index >= 15 is 0 Å². The Labute approximate surface area is 92.2 Å². The largest absolute Gasteiger partial charge is 0.396 e. The SMILES string of the molecule is COCC(CN1CCCC1)OCCCO. The molecule has 1 saturated heterocycles. The Hall–Kier alpha value is -0.160. The topological polar surface area (TPSA) is 41.9 Å². The molecule has 1 aliphatic heterocycles. The molecule has 0 aromatic carbocycles. The Morgan fingerprint density at radius 1 is 1.33 bits per heavy atom. The van der Waals surface area contributed by atoms with E-state index in [-0.39, 0.29) is 12.7 Å². The molecule has 4 nitrogen and oxygen atoms in total. The van der Waals surface area contributed by atoms with Gasteiger partial charge in [-0.25, -0.2) is 0 Å². The highest BCUT2D eigenvalue weighted by atomic mass is 16.5. The molecule has 4 heteroatoms. The highest BCUT2D eigenvalue weighted by Crippen LogP contribution is 2.09. The maximum Gasteiger partial charge on any atom is 0.0934 e. The van der Waals surface area contributed by atoms with Crippen molar-refractivity contribution in [1.29, 1.82) is 0 Å². The minimum absolute atomic E-state index is 0.152. The third kappa shape index (κ3) is 5.47. The van der Waals surface area contributed by atoms with Crippen molar-refractivity contribution in [2.45, 2.75) is 25.4 Å². The number of hydrogen-bond donors (Lipinski definition) is 1. The molecule has 0 amide bonds. The molecule has 0 saturated carbocycles. The summed E-state index contributed by atoms with van der Waals surface area (Å²) in [5, 5.41) is 8.67. The molecule has 0 aromatic rings. The summed E-state index contributed by atoms with van der Waals surface area (Å²) >= 11 is 0.